The van der Waals surface area contributed by atoms with Crippen molar-refractivity contribution in [3.63, 3.8) is 0 Å². The number of ether oxygens (including phenoxy) is 1. The van der Waals surface area contributed by atoms with Crippen molar-refractivity contribution in [2.75, 3.05) is 6.61 Å². The Morgan fingerprint density at radius 1 is 1.11 bits per heavy atom. The summed E-state index contributed by atoms with van der Waals surface area (Å²) in [6, 6.07) is 3.91. The van der Waals surface area contributed by atoms with Crippen LogP contribution in [0.1, 0.15) is 53.9 Å². The Bertz CT molecular complexity index is 741. The zero-order chi connectivity index (χ0) is 20.0. The summed E-state index contributed by atoms with van der Waals surface area (Å²) in [6.07, 6.45) is -3.65. The molecule has 2 fully saturated rings. The normalized spacial score (nSPS) is 28.7. The van der Waals surface area contributed by atoms with E-state index in [1.165, 1.54) is 0 Å². The van der Waals surface area contributed by atoms with E-state index in [0.29, 0.717) is 25.7 Å². The van der Waals surface area contributed by atoms with Crippen LogP contribution in [-0.2, 0) is 14.3 Å². The summed E-state index contributed by atoms with van der Waals surface area (Å²) in [5.41, 5.74) is 2.64. The van der Waals surface area contributed by atoms with Crippen LogP contribution in [0.4, 0.5) is 13.2 Å². The molecule has 1 aromatic carbocycles. The van der Waals surface area contributed by atoms with Gasteiger partial charge in [-0.25, -0.2) is 0 Å². The Kier molecular flexibility index (Phi) is 5.10. The maximum Gasteiger partial charge on any atom is 0.411 e. The molecular weight excluding hydrogens is 359 g/mol. The van der Waals surface area contributed by atoms with E-state index >= 15 is 0 Å². The van der Waals surface area contributed by atoms with Crippen molar-refractivity contribution in [1.29, 1.82) is 0 Å². The second kappa shape index (κ2) is 6.93. The van der Waals surface area contributed by atoms with Crippen LogP contribution in [0.3, 0.4) is 0 Å². The molecule has 1 amide bonds. The van der Waals surface area contributed by atoms with Crippen LogP contribution in [0.15, 0.2) is 12.1 Å². The summed E-state index contributed by atoms with van der Waals surface area (Å²) in [5.74, 6) is -1.33. The van der Waals surface area contributed by atoms with Crippen molar-refractivity contribution in [3.05, 3.63) is 34.4 Å². The highest BCUT2D eigenvalue weighted by Crippen LogP contribution is 2.41. The molecule has 1 aromatic rings. The maximum atomic E-state index is 13.2. The standard InChI is InChI=1S/C20H24F3NO3/c1-11-8-12(2)15(13(3)9-11)16-17(25)19(24-18(16)26)6-4-14(5-7-19)27-10-20(21,22)23/h8-9,14,16H,4-7,10H2,1-3H3,(H,24,26). The first kappa shape index (κ1) is 19.9. The third kappa shape index (κ3) is 3.88. The maximum absolute atomic E-state index is 13.2. The lowest BCUT2D eigenvalue weighted by molar-refractivity contribution is -0.189. The molecule has 1 atom stereocenters. The van der Waals surface area contributed by atoms with Gasteiger partial charge in [-0.3, -0.25) is 9.59 Å². The zero-order valence-electron chi connectivity index (χ0n) is 15.7. The van der Waals surface area contributed by atoms with Gasteiger partial charge in [0.25, 0.3) is 0 Å². The van der Waals surface area contributed by atoms with Gasteiger partial charge in [0, 0.05) is 0 Å². The summed E-state index contributed by atoms with van der Waals surface area (Å²) in [7, 11) is 0. The van der Waals surface area contributed by atoms with E-state index in [9.17, 15) is 22.8 Å². The fourth-order valence-electron chi connectivity index (χ4n) is 4.51. The number of benzene rings is 1. The number of amides is 1. The lowest BCUT2D eigenvalue weighted by Crippen LogP contribution is -2.50. The van der Waals surface area contributed by atoms with Crippen molar-refractivity contribution in [1.82, 2.24) is 5.32 Å². The Balaban J connectivity index is 1.76. The molecule has 4 nitrogen and oxygen atoms in total. The van der Waals surface area contributed by atoms with Crippen LogP contribution in [-0.4, -0.2) is 36.1 Å². The molecule has 3 rings (SSSR count). The van der Waals surface area contributed by atoms with Gasteiger partial charge in [-0.05, 0) is 63.1 Å². The summed E-state index contributed by atoms with van der Waals surface area (Å²) < 4.78 is 41.9. The number of alkyl halides is 3. The number of halogens is 3. The number of hydrogen-bond acceptors (Lipinski definition) is 3. The number of hydrogen-bond donors (Lipinski definition) is 1. The van der Waals surface area contributed by atoms with Gasteiger partial charge in [0.05, 0.1) is 11.6 Å². The molecular formula is C20H24F3NO3. The highest BCUT2D eigenvalue weighted by atomic mass is 19.4. The first-order chi connectivity index (χ1) is 12.5. The second-order valence-corrected chi connectivity index (χ2v) is 7.81. The van der Waals surface area contributed by atoms with Crippen molar-refractivity contribution in [3.8, 4) is 0 Å². The van der Waals surface area contributed by atoms with Crippen LogP contribution in [0.2, 0.25) is 0 Å². The molecule has 148 valence electrons. The van der Waals surface area contributed by atoms with Crippen molar-refractivity contribution >= 4 is 11.7 Å². The summed E-state index contributed by atoms with van der Waals surface area (Å²) in [6.45, 7) is 4.46. The number of rotatable bonds is 3. The highest BCUT2D eigenvalue weighted by molar-refractivity contribution is 6.17. The largest absolute Gasteiger partial charge is 0.411 e. The Morgan fingerprint density at radius 2 is 1.67 bits per heavy atom. The first-order valence-electron chi connectivity index (χ1n) is 9.15. The highest BCUT2D eigenvalue weighted by Gasteiger charge is 2.54. The van der Waals surface area contributed by atoms with E-state index in [1.807, 2.05) is 32.9 Å². The number of aryl methyl sites for hydroxylation is 3. The fraction of sp³-hybridized carbons (Fsp3) is 0.600. The number of carbonyl (C=O) groups is 2. The molecule has 1 saturated carbocycles. The lowest BCUT2D eigenvalue weighted by Gasteiger charge is -2.35. The Labute approximate surface area is 156 Å². The van der Waals surface area contributed by atoms with Gasteiger partial charge in [-0.15, -0.1) is 0 Å². The minimum atomic E-state index is -4.36. The summed E-state index contributed by atoms with van der Waals surface area (Å²) in [5, 5.41) is 2.86. The fourth-order valence-corrected chi connectivity index (χ4v) is 4.51. The molecule has 27 heavy (non-hydrogen) atoms. The molecule has 1 heterocycles. The zero-order valence-corrected chi connectivity index (χ0v) is 15.7. The van der Waals surface area contributed by atoms with Crippen LogP contribution in [0.25, 0.3) is 0 Å². The van der Waals surface area contributed by atoms with E-state index in [-0.39, 0.29) is 11.7 Å². The summed E-state index contributed by atoms with van der Waals surface area (Å²) in [4.78, 5) is 25.9. The second-order valence-electron chi connectivity index (χ2n) is 7.81. The summed E-state index contributed by atoms with van der Waals surface area (Å²) >= 11 is 0. The van der Waals surface area contributed by atoms with Gasteiger partial charge < -0.3 is 10.1 Å². The van der Waals surface area contributed by atoms with Crippen molar-refractivity contribution in [2.45, 2.75) is 70.2 Å². The predicted octanol–water partition coefficient (Wildman–Crippen LogP) is 3.65. The van der Waals surface area contributed by atoms with E-state index in [4.69, 9.17) is 4.74 Å². The Hall–Kier alpha value is -1.89. The number of nitrogens with one attached hydrogen (secondary N) is 1. The van der Waals surface area contributed by atoms with Crippen LogP contribution in [0, 0.1) is 20.8 Å². The lowest BCUT2D eigenvalue weighted by atomic mass is 9.75. The van der Waals surface area contributed by atoms with Gasteiger partial charge in [-0.1, -0.05) is 17.7 Å². The molecule has 1 aliphatic heterocycles. The third-order valence-electron chi connectivity index (χ3n) is 5.65. The molecule has 0 radical (unpaired) electrons. The average Bonchev–Trinajstić information content (AvgIpc) is 2.77. The molecule has 0 aromatic heterocycles. The number of ketones is 1. The molecule has 2 aliphatic rings. The quantitative estimate of drug-likeness (QED) is 0.811. The van der Waals surface area contributed by atoms with Gasteiger partial charge in [-0.2, -0.15) is 13.2 Å². The molecule has 1 N–H and O–H groups in total. The van der Waals surface area contributed by atoms with Crippen LogP contribution < -0.4 is 5.32 Å². The van der Waals surface area contributed by atoms with E-state index < -0.39 is 30.3 Å². The molecule has 7 heteroatoms. The van der Waals surface area contributed by atoms with Gasteiger partial charge in [0.15, 0.2) is 5.78 Å². The van der Waals surface area contributed by atoms with Crippen LogP contribution in [0.5, 0.6) is 0 Å². The first-order valence-corrected chi connectivity index (χ1v) is 9.15. The monoisotopic (exact) mass is 383 g/mol. The molecule has 1 unspecified atom stereocenters. The van der Waals surface area contributed by atoms with Gasteiger partial charge in [0.2, 0.25) is 5.91 Å². The number of Topliss-reactive ketones (excluding diaryl/α,β-unsaturated/α-hetero) is 1. The molecule has 1 aliphatic carbocycles. The Morgan fingerprint density at radius 3 is 2.19 bits per heavy atom. The molecule has 0 bridgehead atoms. The predicted molar refractivity (Wildman–Crippen MR) is 93.5 cm³/mol. The third-order valence-corrected chi connectivity index (χ3v) is 5.65. The molecule has 1 saturated heterocycles. The van der Waals surface area contributed by atoms with E-state index in [1.54, 1.807) is 0 Å². The minimum absolute atomic E-state index is 0.170. The number of carbonyl (C=O) groups excluding carboxylic acids is 2. The van der Waals surface area contributed by atoms with E-state index in [2.05, 4.69) is 5.32 Å². The van der Waals surface area contributed by atoms with E-state index in [0.717, 1.165) is 22.3 Å². The van der Waals surface area contributed by atoms with Crippen molar-refractivity contribution < 1.29 is 27.5 Å². The van der Waals surface area contributed by atoms with Gasteiger partial charge >= 0.3 is 6.18 Å². The average molecular weight is 383 g/mol. The molecule has 1 spiro atoms. The topological polar surface area (TPSA) is 55.4 Å². The van der Waals surface area contributed by atoms with Crippen LogP contribution >= 0.6 is 0 Å². The van der Waals surface area contributed by atoms with Crippen molar-refractivity contribution in [2.24, 2.45) is 0 Å². The SMILES string of the molecule is Cc1cc(C)c(C2C(=O)NC3(CCC(OCC(F)(F)F)CC3)C2=O)c(C)c1. The van der Waals surface area contributed by atoms with Gasteiger partial charge in [0.1, 0.15) is 12.5 Å². The smallest absolute Gasteiger partial charge is 0.369 e. The minimum Gasteiger partial charge on any atom is -0.369 e.